The Hall–Kier alpha value is -2.24. The zero-order valence-corrected chi connectivity index (χ0v) is 14.6. The highest BCUT2D eigenvalue weighted by molar-refractivity contribution is 5.94. The van der Waals surface area contributed by atoms with E-state index >= 15 is 0 Å². The number of benzene rings is 1. The van der Waals surface area contributed by atoms with Crippen molar-refractivity contribution in [3.8, 4) is 5.75 Å². The number of carbonyl (C=O) groups excluding carboxylic acids is 2. The summed E-state index contributed by atoms with van der Waals surface area (Å²) in [5, 5.41) is 2.97. The van der Waals surface area contributed by atoms with Crippen LogP contribution < -0.4 is 10.1 Å². The summed E-state index contributed by atoms with van der Waals surface area (Å²) >= 11 is 0. The van der Waals surface area contributed by atoms with Gasteiger partial charge < -0.3 is 19.7 Å². The summed E-state index contributed by atoms with van der Waals surface area (Å²) < 4.78 is 10.3. The predicted octanol–water partition coefficient (Wildman–Crippen LogP) is 2.68. The van der Waals surface area contributed by atoms with Crippen LogP contribution in [0.1, 0.15) is 37.0 Å². The maximum absolute atomic E-state index is 12.2. The fourth-order valence-electron chi connectivity index (χ4n) is 2.74. The third kappa shape index (κ3) is 5.15. The van der Waals surface area contributed by atoms with E-state index < -0.39 is 0 Å². The van der Waals surface area contributed by atoms with Crippen molar-refractivity contribution in [1.29, 1.82) is 0 Å². The Kier molecular flexibility index (Phi) is 6.46. The molecule has 1 aromatic rings. The second kappa shape index (κ2) is 8.57. The maximum atomic E-state index is 12.2. The number of hydrogen-bond donors (Lipinski definition) is 1. The minimum absolute atomic E-state index is 0.0819. The van der Waals surface area contributed by atoms with Crippen molar-refractivity contribution >= 4 is 12.0 Å². The van der Waals surface area contributed by atoms with Gasteiger partial charge in [-0.2, -0.15) is 0 Å². The zero-order chi connectivity index (χ0) is 17.5. The lowest BCUT2D eigenvalue weighted by Crippen LogP contribution is -2.41. The first-order valence-corrected chi connectivity index (χ1v) is 8.37. The molecular weight excluding hydrogens is 308 g/mol. The highest BCUT2D eigenvalue weighted by atomic mass is 16.5. The van der Waals surface area contributed by atoms with Gasteiger partial charge >= 0.3 is 6.09 Å². The molecule has 0 aromatic heterocycles. The smallest absolute Gasteiger partial charge is 0.409 e. The number of hydrogen-bond acceptors (Lipinski definition) is 4. The number of carbonyl (C=O) groups is 2. The lowest BCUT2D eigenvalue weighted by Gasteiger charge is -2.30. The van der Waals surface area contributed by atoms with Gasteiger partial charge in [-0.3, -0.25) is 4.79 Å². The van der Waals surface area contributed by atoms with Crippen molar-refractivity contribution in [1.82, 2.24) is 10.2 Å². The fraction of sp³-hybridized carbons (Fsp3) is 0.556. The highest BCUT2D eigenvalue weighted by Gasteiger charge is 2.23. The van der Waals surface area contributed by atoms with Crippen molar-refractivity contribution in [2.75, 3.05) is 26.7 Å². The second-order valence-electron chi connectivity index (χ2n) is 6.30. The molecule has 6 nitrogen and oxygen atoms in total. The molecule has 2 rings (SSSR count). The van der Waals surface area contributed by atoms with Gasteiger partial charge in [0, 0.05) is 25.2 Å². The van der Waals surface area contributed by atoms with Crippen LogP contribution in [-0.2, 0) is 4.74 Å². The van der Waals surface area contributed by atoms with Crippen LogP contribution in [0.5, 0.6) is 5.75 Å². The molecular formula is C18H26N2O4. The monoisotopic (exact) mass is 334 g/mol. The molecule has 2 amide bonds. The first kappa shape index (κ1) is 18.1. The lowest BCUT2D eigenvalue weighted by molar-refractivity contribution is 0.0914. The van der Waals surface area contributed by atoms with Gasteiger partial charge in [0.15, 0.2) is 0 Å². The van der Waals surface area contributed by atoms with Crippen LogP contribution in [0.25, 0.3) is 0 Å². The van der Waals surface area contributed by atoms with E-state index in [2.05, 4.69) is 5.32 Å². The number of likely N-dealkylation sites (tertiary alicyclic amines) is 1. The summed E-state index contributed by atoms with van der Waals surface area (Å²) in [6.45, 7) is 5.90. The van der Waals surface area contributed by atoms with Gasteiger partial charge in [0.05, 0.1) is 13.2 Å². The van der Waals surface area contributed by atoms with Gasteiger partial charge in [-0.25, -0.2) is 4.79 Å². The normalized spacial score (nSPS) is 15.2. The summed E-state index contributed by atoms with van der Waals surface area (Å²) in [7, 11) is 1.39. The standard InChI is InChI=1S/C18H26N2O4/c1-13(2)24-16-6-4-15(5-7-16)17(21)19-12-14-8-10-20(11-9-14)18(22)23-3/h4-7,13-14H,8-12H2,1-3H3,(H,19,21). The van der Waals surface area contributed by atoms with Crippen LogP contribution in [0.2, 0.25) is 0 Å². The minimum atomic E-state index is -0.277. The molecule has 132 valence electrons. The Bertz CT molecular complexity index is 549. The Balaban J connectivity index is 1.76. The van der Waals surface area contributed by atoms with Crippen molar-refractivity contribution in [3.05, 3.63) is 29.8 Å². The summed E-state index contributed by atoms with van der Waals surface area (Å²) in [6.07, 6.45) is 1.58. The van der Waals surface area contributed by atoms with Crippen molar-refractivity contribution in [2.45, 2.75) is 32.8 Å². The first-order valence-electron chi connectivity index (χ1n) is 8.37. The SMILES string of the molecule is COC(=O)N1CCC(CNC(=O)c2ccc(OC(C)C)cc2)CC1. The summed E-state index contributed by atoms with van der Waals surface area (Å²) in [5.74, 6) is 1.07. The van der Waals surface area contributed by atoms with E-state index in [-0.39, 0.29) is 18.1 Å². The summed E-state index contributed by atoms with van der Waals surface area (Å²) in [5.41, 5.74) is 0.623. The minimum Gasteiger partial charge on any atom is -0.491 e. The van der Waals surface area contributed by atoms with E-state index in [1.54, 1.807) is 17.0 Å². The Morgan fingerprint density at radius 2 is 1.83 bits per heavy atom. The first-order chi connectivity index (χ1) is 11.5. The number of piperidine rings is 1. The Labute approximate surface area is 143 Å². The van der Waals surface area contributed by atoms with E-state index in [0.29, 0.717) is 31.1 Å². The van der Waals surface area contributed by atoms with Gasteiger partial charge in [-0.15, -0.1) is 0 Å². The molecule has 0 unspecified atom stereocenters. The topological polar surface area (TPSA) is 67.9 Å². The number of methoxy groups -OCH3 is 1. The van der Waals surface area contributed by atoms with Gasteiger partial charge in [0.2, 0.25) is 0 Å². The van der Waals surface area contributed by atoms with Gasteiger partial charge in [0.1, 0.15) is 5.75 Å². The van der Waals surface area contributed by atoms with Crippen LogP contribution in [-0.4, -0.2) is 49.7 Å². The van der Waals surface area contributed by atoms with E-state index in [4.69, 9.17) is 9.47 Å². The summed E-state index contributed by atoms with van der Waals surface area (Å²) in [6, 6.07) is 7.16. The number of nitrogens with zero attached hydrogens (tertiary/aromatic N) is 1. The van der Waals surface area contributed by atoms with Gasteiger partial charge in [0.25, 0.3) is 5.91 Å². The average molecular weight is 334 g/mol. The van der Waals surface area contributed by atoms with Gasteiger partial charge in [-0.05, 0) is 56.9 Å². The van der Waals surface area contributed by atoms with E-state index in [9.17, 15) is 9.59 Å². The van der Waals surface area contributed by atoms with Crippen molar-refractivity contribution in [3.63, 3.8) is 0 Å². The largest absolute Gasteiger partial charge is 0.491 e. The molecule has 1 aromatic carbocycles. The number of amides is 2. The molecule has 0 radical (unpaired) electrons. The quantitative estimate of drug-likeness (QED) is 0.899. The molecule has 0 spiro atoms. The van der Waals surface area contributed by atoms with Crippen molar-refractivity contribution in [2.24, 2.45) is 5.92 Å². The van der Waals surface area contributed by atoms with Gasteiger partial charge in [-0.1, -0.05) is 0 Å². The lowest BCUT2D eigenvalue weighted by atomic mass is 9.97. The molecule has 1 aliphatic heterocycles. The molecule has 1 aliphatic rings. The zero-order valence-electron chi connectivity index (χ0n) is 14.6. The second-order valence-corrected chi connectivity index (χ2v) is 6.30. The van der Waals surface area contributed by atoms with Crippen molar-refractivity contribution < 1.29 is 19.1 Å². The molecule has 24 heavy (non-hydrogen) atoms. The third-order valence-corrected chi connectivity index (χ3v) is 4.09. The molecule has 1 saturated heterocycles. The van der Waals surface area contributed by atoms with E-state index in [0.717, 1.165) is 18.6 Å². The van der Waals surface area contributed by atoms with Crippen LogP contribution in [0.3, 0.4) is 0 Å². The number of nitrogens with one attached hydrogen (secondary N) is 1. The van der Waals surface area contributed by atoms with E-state index in [1.807, 2.05) is 26.0 Å². The van der Waals surface area contributed by atoms with Crippen LogP contribution in [0.4, 0.5) is 4.79 Å². The fourth-order valence-corrected chi connectivity index (χ4v) is 2.74. The molecule has 1 N–H and O–H groups in total. The molecule has 0 saturated carbocycles. The maximum Gasteiger partial charge on any atom is 0.409 e. The van der Waals surface area contributed by atoms with Crippen LogP contribution in [0, 0.1) is 5.92 Å². The average Bonchev–Trinajstić information content (AvgIpc) is 2.59. The molecule has 0 bridgehead atoms. The molecule has 6 heteroatoms. The predicted molar refractivity (Wildman–Crippen MR) is 91.2 cm³/mol. The highest BCUT2D eigenvalue weighted by Crippen LogP contribution is 2.18. The third-order valence-electron chi connectivity index (χ3n) is 4.09. The Morgan fingerprint density at radius 3 is 2.38 bits per heavy atom. The van der Waals surface area contributed by atoms with E-state index in [1.165, 1.54) is 7.11 Å². The summed E-state index contributed by atoms with van der Waals surface area (Å²) in [4.78, 5) is 25.3. The number of ether oxygens (including phenoxy) is 2. The molecule has 1 heterocycles. The molecule has 0 atom stereocenters. The molecule has 0 aliphatic carbocycles. The number of rotatable bonds is 5. The Morgan fingerprint density at radius 1 is 1.21 bits per heavy atom. The van der Waals surface area contributed by atoms with Crippen LogP contribution >= 0.6 is 0 Å². The van der Waals surface area contributed by atoms with Crippen LogP contribution in [0.15, 0.2) is 24.3 Å². The molecule has 1 fully saturated rings.